The van der Waals surface area contributed by atoms with Gasteiger partial charge in [-0.3, -0.25) is 4.79 Å². The molecule has 0 N–H and O–H groups in total. The number of ether oxygens (including phenoxy) is 4. The minimum atomic E-state index is -0.740. The summed E-state index contributed by atoms with van der Waals surface area (Å²) >= 11 is 12.4. The van der Waals surface area contributed by atoms with Gasteiger partial charge in [-0.1, -0.05) is 23.2 Å². The van der Waals surface area contributed by atoms with E-state index < -0.39 is 30.6 Å². The van der Waals surface area contributed by atoms with Crippen LogP contribution < -0.4 is 4.74 Å². The van der Waals surface area contributed by atoms with Gasteiger partial charge in [0.15, 0.2) is 6.61 Å². The maximum atomic E-state index is 11.5. The van der Waals surface area contributed by atoms with Crippen LogP contribution in [0.4, 0.5) is 4.79 Å². The zero-order valence-corrected chi connectivity index (χ0v) is 15.6. The van der Waals surface area contributed by atoms with E-state index in [1.54, 1.807) is 13.0 Å². The van der Waals surface area contributed by atoms with Crippen LogP contribution in [0.1, 0.15) is 13.3 Å². The topological polar surface area (TPSA) is 88.1 Å². The lowest BCUT2D eigenvalue weighted by atomic mass is 10.3. The number of esters is 2. The monoisotopic (exact) mass is 410 g/mol. The largest absolute Gasteiger partial charge is 0.480 e. The molecule has 138 valence electrons. The third-order valence-corrected chi connectivity index (χ3v) is 3.76. The van der Waals surface area contributed by atoms with Gasteiger partial charge in [0, 0.05) is 10.8 Å². The summed E-state index contributed by atoms with van der Waals surface area (Å²) in [5.74, 6) is -0.652. The summed E-state index contributed by atoms with van der Waals surface area (Å²) in [5, 5.41) is 0.0239. The Kier molecular flexibility index (Phi) is 10.1. The van der Waals surface area contributed by atoms with Gasteiger partial charge in [-0.15, -0.1) is 0 Å². The summed E-state index contributed by atoms with van der Waals surface area (Å²) in [5.41, 5.74) is 0. The average molecular weight is 411 g/mol. The fourth-order valence-electron chi connectivity index (χ4n) is 1.41. The molecule has 0 heterocycles. The molecule has 0 aliphatic rings. The van der Waals surface area contributed by atoms with Gasteiger partial charge < -0.3 is 18.9 Å². The van der Waals surface area contributed by atoms with Crippen LogP contribution in [-0.4, -0.2) is 43.0 Å². The molecule has 0 bridgehead atoms. The number of halogens is 2. The summed E-state index contributed by atoms with van der Waals surface area (Å²) in [4.78, 5) is 33.9. The van der Waals surface area contributed by atoms with E-state index in [9.17, 15) is 14.4 Å². The number of benzene rings is 1. The maximum absolute atomic E-state index is 11.5. The van der Waals surface area contributed by atoms with Crippen molar-refractivity contribution in [3.05, 3.63) is 28.2 Å². The van der Waals surface area contributed by atoms with Gasteiger partial charge in [-0.25, -0.2) is 9.59 Å². The standard InChI is InChI=1S/C15H16Cl2O7S/c1-2-21-13(18)5-6-25-15(20)24-9-23-14(19)8-22-12-4-3-10(16)7-11(12)17/h3-4,7H,2,5-6,8-9H2,1H3. The predicted octanol–water partition coefficient (Wildman–Crippen LogP) is 3.70. The second-order valence-electron chi connectivity index (χ2n) is 4.30. The van der Waals surface area contributed by atoms with Crippen molar-refractivity contribution >= 4 is 52.2 Å². The number of rotatable bonds is 9. The number of hydrogen-bond donors (Lipinski definition) is 0. The lowest BCUT2D eigenvalue weighted by Gasteiger charge is -2.08. The smallest absolute Gasteiger partial charge is 0.370 e. The van der Waals surface area contributed by atoms with Gasteiger partial charge in [0.1, 0.15) is 5.75 Å². The highest BCUT2D eigenvalue weighted by molar-refractivity contribution is 8.13. The van der Waals surface area contributed by atoms with Gasteiger partial charge in [-0.05, 0) is 36.9 Å². The molecule has 10 heteroatoms. The van der Waals surface area contributed by atoms with Crippen molar-refractivity contribution in [2.24, 2.45) is 0 Å². The van der Waals surface area contributed by atoms with Crippen molar-refractivity contribution in [3.63, 3.8) is 0 Å². The zero-order chi connectivity index (χ0) is 18.7. The fourth-order valence-corrected chi connectivity index (χ4v) is 2.44. The molecule has 1 aromatic carbocycles. The van der Waals surface area contributed by atoms with E-state index in [2.05, 4.69) is 9.47 Å². The van der Waals surface area contributed by atoms with Crippen molar-refractivity contribution < 1.29 is 33.3 Å². The molecule has 1 aromatic rings. The Bertz CT molecular complexity index is 610. The lowest BCUT2D eigenvalue weighted by Crippen LogP contribution is -2.17. The SMILES string of the molecule is CCOC(=O)CCSC(=O)OCOC(=O)COc1ccc(Cl)cc1Cl. The van der Waals surface area contributed by atoms with Gasteiger partial charge in [0.25, 0.3) is 0 Å². The van der Waals surface area contributed by atoms with Crippen LogP contribution >= 0.6 is 35.0 Å². The first-order valence-corrected chi connectivity index (χ1v) is 8.85. The van der Waals surface area contributed by atoms with Gasteiger partial charge in [0.2, 0.25) is 6.79 Å². The third kappa shape index (κ3) is 9.42. The highest BCUT2D eigenvalue weighted by atomic mass is 35.5. The van der Waals surface area contributed by atoms with Crippen LogP contribution in [0.3, 0.4) is 0 Å². The summed E-state index contributed by atoms with van der Waals surface area (Å²) in [6.07, 6.45) is 0.0864. The van der Waals surface area contributed by atoms with E-state index in [4.69, 9.17) is 32.7 Å². The fraction of sp³-hybridized carbons (Fsp3) is 0.400. The molecule has 7 nitrogen and oxygen atoms in total. The molecular weight excluding hydrogens is 395 g/mol. The number of carbonyl (C=O) groups excluding carboxylic acids is 3. The number of thioether (sulfide) groups is 1. The summed E-state index contributed by atoms with van der Waals surface area (Å²) < 4.78 is 19.2. The summed E-state index contributed by atoms with van der Waals surface area (Å²) in [7, 11) is 0. The van der Waals surface area contributed by atoms with Crippen LogP contribution in [0.15, 0.2) is 18.2 Å². The highest BCUT2D eigenvalue weighted by Crippen LogP contribution is 2.27. The highest BCUT2D eigenvalue weighted by Gasteiger charge is 2.10. The molecule has 0 aromatic heterocycles. The Morgan fingerprint density at radius 1 is 1.08 bits per heavy atom. The van der Waals surface area contributed by atoms with E-state index in [0.29, 0.717) is 5.02 Å². The van der Waals surface area contributed by atoms with Crippen LogP contribution in [0.2, 0.25) is 10.0 Å². The molecule has 0 amide bonds. The van der Waals surface area contributed by atoms with Crippen LogP contribution in [-0.2, 0) is 23.8 Å². The maximum Gasteiger partial charge on any atom is 0.370 e. The normalized spacial score (nSPS) is 10.0. The van der Waals surface area contributed by atoms with E-state index in [-0.39, 0.29) is 29.6 Å². The minimum absolute atomic E-state index is 0.0864. The Labute approximate surface area is 158 Å². The molecule has 0 radical (unpaired) electrons. The molecule has 0 atom stereocenters. The first kappa shape index (κ1) is 21.4. The first-order valence-electron chi connectivity index (χ1n) is 7.11. The third-order valence-electron chi connectivity index (χ3n) is 2.47. The minimum Gasteiger partial charge on any atom is -0.480 e. The second-order valence-corrected chi connectivity index (χ2v) is 6.17. The Balaban J connectivity index is 2.15. The van der Waals surface area contributed by atoms with Crippen molar-refractivity contribution in [2.45, 2.75) is 13.3 Å². The predicted molar refractivity (Wildman–Crippen MR) is 93.1 cm³/mol. The summed E-state index contributed by atoms with van der Waals surface area (Å²) in [6, 6.07) is 4.54. The number of carbonyl (C=O) groups is 3. The number of hydrogen-bond acceptors (Lipinski definition) is 8. The first-order chi connectivity index (χ1) is 11.9. The van der Waals surface area contributed by atoms with Crippen molar-refractivity contribution in [1.82, 2.24) is 0 Å². The van der Waals surface area contributed by atoms with Crippen molar-refractivity contribution in [3.8, 4) is 5.75 Å². The Morgan fingerprint density at radius 3 is 2.52 bits per heavy atom. The molecule has 0 spiro atoms. The van der Waals surface area contributed by atoms with Crippen LogP contribution in [0.25, 0.3) is 0 Å². The average Bonchev–Trinajstić information content (AvgIpc) is 2.54. The van der Waals surface area contributed by atoms with Gasteiger partial charge in [0.05, 0.1) is 18.1 Å². The van der Waals surface area contributed by atoms with Crippen molar-refractivity contribution in [2.75, 3.05) is 25.8 Å². The van der Waals surface area contributed by atoms with Gasteiger partial charge >= 0.3 is 17.2 Å². The molecular formula is C15H16Cl2O7S. The van der Waals surface area contributed by atoms with E-state index >= 15 is 0 Å². The lowest BCUT2D eigenvalue weighted by molar-refractivity contribution is -0.153. The molecule has 1 rings (SSSR count). The Hall–Kier alpha value is -1.64. The molecule has 0 saturated carbocycles. The van der Waals surface area contributed by atoms with E-state index in [1.807, 2.05) is 0 Å². The molecule has 0 unspecified atom stereocenters. The molecule has 0 aliphatic heterocycles. The van der Waals surface area contributed by atoms with Crippen LogP contribution in [0.5, 0.6) is 5.75 Å². The molecule has 25 heavy (non-hydrogen) atoms. The quantitative estimate of drug-likeness (QED) is 0.449. The Morgan fingerprint density at radius 2 is 1.84 bits per heavy atom. The summed E-state index contributed by atoms with van der Waals surface area (Å²) in [6.45, 7) is 1.02. The van der Waals surface area contributed by atoms with E-state index in [0.717, 1.165) is 11.8 Å². The molecule has 0 aliphatic carbocycles. The van der Waals surface area contributed by atoms with Crippen LogP contribution in [0, 0.1) is 0 Å². The van der Waals surface area contributed by atoms with Crippen molar-refractivity contribution in [1.29, 1.82) is 0 Å². The molecule has 0 saturated heterocycles. The zero-order valence-electron chi connectivity index (χ0n) is 13.3. The van der Waals surface area contributed by atoms with Gasteiger partial charge in [-0.2, -0.15) is 0 Å². The molecule has 0 fully saturated rings. The van der Waals surface area contributed by atoms with E-state index in [1.165, 1.54) is 12.1 Å². The second kappa shape index (κ2) is 11.8.